The minimum atomic E-state index is -1.82. The Morgan fingerprint density at radius 1 is 1.33 bits per heavy atom. The van der Waals surface area contributed by atoms with Gasteiger partial charge >= 0.3 is 5.97 Å². The molecule has 0 radical (unpaired) electrons. The summed E-state index contributed by atoms with van der Waals surface area (Å²) in [6, 6.07) is 7.77. The average Bonchev–Trinajstić information content (AvgIpc) is 3.12. The monoisotopic (exact) mass is 308 g/mol. The molecule has 1 aliphatic carbocycles. The van der Waals surface area contributed by atoms with Crippen molar-refractivity contribution in [1.29, 1.82) is 0 Å². The van der Waals surface area contributed by atoms with Crippen molar-refractivity contribution >= 4 is 14.3 Å². The molecular formula is C16H24O4Si. The number of para-hydroxylation sites is 1. The zero-order valence-electron chi connectivity index (χ0n) is 13.4. The predicted octanol–water partition coefficient (Wildman–Crippen LogP) is 3.33. The lowest BCUT2D eigenvalue weighted by molar-refractivity contribution is -0.146. The Bertz CT molecular complexity index is 523. The fourth-order valence-corrected chi connectivity index (χ4v) is 4.20. The predicted molar refractivity (Wildman–Crippen MR) is 83.8 cm³/mol. The van der Waals surface area contributed by atoms with Crippen LogP contribution in [0.4, 0.5) is 0 Å². The van der Waals surface area contributed by atoms with Gasteiger partial charge in [0.2, 0.25) is 0 Å². The molecular weight excluding hydrogens is 284 g/mol. The summed E-state index contributed by atoms with van der Waals surface area (Å²) in [7, 11) is -0.181. The SMILES string of the molecule is CCOC(=O)C1CC1(O[Si](C)(C)C)c1ccccc1OC. The van der Waals surface area contributed by atoms with Gasteiger partial charge in [0.25, 0.3) is 0 Å². The highest BCUT2D eigenvalue weighted by molar-refractivity contribution is 6.69. The summed E-state index contributed by atoms with van der Waals surface area (Å²) in [5.41, 5.74) is 0.372. The maximum atomic E-state index is 12.2. The second-order valence-corrected chi connectivity index (χ2v) is 10.7. The van der Waals surface area contributed by atoms with Crippen LogP contribution in [0.15, 0.2) is 24.3 Å². The number of esters is 1. The number of carbonyl (C=O) groups is 1. The van der Waals surface area contributed by atoms with Gasteiger partial charge in [0, 0.05) is 5.56 Å². The summed E-state index contributed by atoms with van der Waals surface area (Å²) in [6.07, 6.45) is 0.663. The van der Waals surface area contributed by atoms with Gasteiger partial charge in [-0.1, -0.05) is 18.2 Å². The molecule has 0 bridgehead atoms. The molecule has 0 amide bonds. The first-order valence-electron chi connectivity index (χ1n) is 7.34. The molecule has 2 atom stereocenters. The Labute approximate surface area is 127 Å². The highest BCUT2D eigenvalue weighted by Crippen LogP contribution is 2.59. The van der Waals surface area contributed by atoms with E-state index in [1.165, 1.54) is 0 Å². The summed E-state index contributed by atoms with van der Waals surface area (Å²) >= 11 is 0. The highest BCUT2D eigenvalue weighted by atomic mass is 28.4. The van der Waals surface area contributed by atoms with Crippen LogP contribution in [-0.2, 0) is 19.6 Å². The lowest BCUT2D eigenvalue weighted by Crippen LogP contribution is -2.34. The van der Waals surface area contributed by atoms with Crippen LogP contribution in [-0.4, -0.2) is 28.0 Å². The molecule has 1 saturated carbocycles. The van der Waals surface area contributed by atoms with Gasteiger partial charge in [0.15, 0.2) is 8.32 Å². The largest absolute Gasteiger partial charge is 0.496 e. The van der Waals surface area contributed by atoms with Gasteiger partial charge in [-0.3, -0.25) is 4.79 Å². The topological polar surface area (TPSA) is 44.8 Å². The summed E-state index contributed by atoms with van der Waals surface area (Å²) in [5.74, 6) is 0.352. The van der Waals surface area contributed by atoms with Crippen LogP contribution in [0.5, 0.6) is 5.75 Å². The first kappa shape index (κ1) is 16.0. The van der Waals surface area contributed by atoms with E-state index in [2.05, 4.69) is 19.6 Å². The Morgan fingerprint density at radius 3 is 2.57 bits per heavy atom. The van der Waals surface area contributed by atoms with Crippen molar-refractivity contribution in [2.75, 3.05) is 13.7 Å². The summed E-state index contributed by atoms with van der Waals surface area (Å²) < 4.78 is 17.0. The van der Waals surface area contributed by atoms with E-state index in [1.54, 1.807) is 7.11 Å². The number of methoxy groups -OCH3 is 1. The molecule has 1 aromatic carbocycles. The molecule has 0 heterocycles. The Balaban J connectivity index is 2.37. The van der Waals surface area contributed by atoms with Crippen LogP contribution in [0, 0.1) is 5.92 Å². The molecule has 0 saturated heterocycles. The molecule has 2 rings (SSSR count). The Kier molecular flexibility index (Phi) is 4.44. The van der Waals surface area contributed by atoms with E-state index in [0.717, 1.165) is 11.3 Å². The smallest absolute Gasteiger partial charge is 0.312 e. The lowest BCUT2D eigenvalue weighted by atomic mass is 10.0. The number of hydrogen-bond acceptors (Lipinski definition) is 4. The molecule has 2 unspecified atom stereocenters. The third-order valence-electron chi connectivity index (χ3n) is 3.53. The average molecular weight is 308 g/mol. The molecule has 0 aliphatic heterocycles. The first-order valence-corrected chi connectivity index (χ1v) is 10.7. The second kappa shape index (κ2) is 5.81. The summed E-state index contributed by atoms with van der Waals surface area (Å²) in [5, 5.41) is 0. The van der Waals surface area contributed by atoms with E-state index in [4.69, 9.17) is 13.9 Å². The van der Waals surface area contributed by atoms with Gasteiger partial charge in [-0.2, -0.15) is 0 Å². The number of hydrogen-bond donors (Lipinski definition) is 0. The minimum absolute atomic E-state index is 0.179. The van der Waals surface area contributed by atoms with Gasteiger partial charge in [0.05, 0.1) is 25.2 Å². The Morgan fingerprint density at radius 2 is 2.00 bits per heavy atom. The number of carbonyl (C=O) groups excluding carboxylic acids is 1. The zero-order valence-corrected chi connectivity index (χ0v) is 14.4. The van der Waals surface area contributed by atoms with Gasteiger partial charge < -0.3 is 13.9 Å². The first-order chi connectivity index (χ1) is 9.84. The van der Waals surface area contributed by atoms with Gasteiger partial charge in [-0.15, -0.1) is 0 Å². The van der Waals surface area contributed by atoms with Crippen LogP contribution in [0.3, 0.4) is 0 Å². The number of rotatable bonds is 6. The number of ether oxygens (including phenoxy) is 2. The van der Waals surface area contributed by atoms with Crippen LogP contribution >= 0.6 is 0 Å². The van der Waals surface area contributed by atoms with Crippen molar-refractivity contribution in [3.8, 4) is 5.75 Å². The van der Waals surface area contributed by atoms with E-state index < -0.39 is 13.9 Å². The van der Waals surface area contributed by atoms with E-state index in [0.29, 0.717) is 13.0 Å². The number of benzene rings is 1. The van der Waals surface area contributed by atoms with Crippen LogP contribution in [0.25, 0.3) is 0 Å². The van der Waals surface area contributed by atoms with Crippen LogP contribution in [0.2, 0.25) is 19.6 Å². The van der Waals surface area contributed by atoms with Crippen molar-refractivity contribution in [1.82, 2.24) is 0 Å². The normalized spacial score (nSPS) is 24.5. The molecule has 21 heavy (non-hydrogen) atoms. The molecule has 0 spiro atoms. The van der Waals surface area contributed by atoms with Crippen LogP contribution < -0.4 is 4.74 Å². The fourth-order valence-electron chi connectivity index (χ4n) is 2.77. The van der Waals surface area contributed by atoms with E-state index in [-0.39, 0.29) is 11.9 Å². The standard InChI is InChI=1S/C16H24O4Si/c1-6-19-15(17)13-11-16(13,20-21(3,4)5)12-9-7-8-10-14(12)18-2/h7-10,13H,6,11H2,1-5H3. The zero-order chi connectivity index (χ0) is 15.7. The molecule has 0 N–H and O–H groups in total. The maximum Gasteiger partial charge on any atom is 0.312 e. The van der Waals surface area contributed by atoms with Crippen molar-refractivity contribution in [2.24, 2.45) is 5.92 Å². The van der Waals surface area contributed by atoms with E-state index in [1.807, 2.05) is 31.2 Å². The molecule has 1 aliphatic rings. The third-order valence-corrected chi connectivity index (χ3v) is 4.51. The third kappa shape index (κ3) is 3.30. The maximum absolute atomic E-state index is 12.2. The quantitative estimate of drug-likeness (QED) is 0.597. The molecule has 1 aromatic rings. The highest BCUT2D eigenvalue weighted by Gasteiger charge is 2.64. The van der Waals surface area contributed by atoms with Crippen molar-refractivity contribution < 1.29 is 18.7 Å². The minimum Gasteiger partial charge on any atom is -0.496 e. The fraction of sp³-hybridized carbons (Fsp3) is 0.562. The molecule has 4 nitrogen and oxygen atoms in total. The molecule has 1 fully saturated rings. The van der Waals surface area contributed by atoms with Crippen molar-refractivity contribution in [2.45, 2.75) is 38.6 Å². The Hall–Kier alpha value is -1.33. The van der Waals surface area contributed by atoms with E-state index in [9.17, 15) is 4.79 Å². The van der Waals surface area contributed by atoms with Crippen LogP contribution in [0.1, 0.15) is 18.9 Å². The van der Waals surface area contributed by atoms with Gasteiger partial charge in [-0.25, -0.2) is 0 Å². The van der Waals surface area contributed by atoms with Crippen molar-refractivity contribution in [3.05, 3.63) is 29.8 Å². The van der Waals surface area contributed by atoms with Gasteiger partial charge in [0.1, 0.15) is 5.75 Å². The summed E-state index contributed by atoms with van der Waals surface area (Å²) in [6.45, 7) is 8.61. The lowest BCUT2D eigenvalue weighted by Gasteiger charge is -2.28. The second-order valence-electron chi connectivity index (χ2n) is 6.31. The molecule has 116 valence electrons. The molecule has 0 aromatic heterocycles. The molecule has 5 heteroatoms. The van der Waals surface area contributed by atoms with Gasteiger partial charge in [-0.05, 0) is 39.1 Å². The van der Waals surface area contributed by atoms with Crippen molar-refractivity contribution in [3.63, 3.8) is 0 Å². The summed E-state index contributed by atoms with van der Waals surface area (Å²) in [4.78, 5) is 12.2. The van der Waals surface area contributed by atoms with E-state index >= 15 is 0 Å².